The molecule has 3 heterocycles. The number of rotatable bonds is 4. The fourth-order valence-corrected chi connectivity index (χ4v) is 4.39. The van der Waals surface area contributed by atoms with Crippen LogP contribution in [0.3, 0.4) is 0 Å². The van der Waals surface area contributed by atoms with E-state index in [9.17, 15) is 4.79 Å². The number of amides is 1. The van der Waals surface area contributed by atoms with Crippen molar-refractivity contribution in [1.82, 2.24) is 14.8 Å². The van der Waals surface area contributed by atoms with Gasteiger partial charge in [0.2, 0.25) is 5.91 Å². The molecule has 0 saturated carbocycles. The monoisotopic (exact) mass is 349 g/mol. The number of aromatic nitrogens is 1. The largest absolute Gasteiger partial charge is 0.334 e. The lowest BCUT2D eigenvalue weighted by Gasteiger charge is -2.35. The predicted octanol–water partition coefficient (Wildman–Crippen LogP) is 3.66. The fourth-order valence-electron chi connectivity index (χ4n) is 4.39. The molecule has 0 bridgehead atoms. The molecule has 0 N–H and O–H groups in total. The highest BCUT2D eigenvalue weighted by atomic mass is 16.2. The van der Waals surface area contributed by atoms with Gasteiger partial charge in [-0.05, 0) is 49.9 Å². The Hall–Kier alpha value is -2.20. The number of pyridine rings is 1. The summed E-state index contributed by atoms with van der Waals surface area (Å²) in [5, 5.41) is 0. The zero-order valence-corrected chi connectivity index (χ0v) is 15.3. The second kappa shape index (κ2) is 8.00. The van der Waals surface area contributed by atoms with Gasteiger partial charge in [-0.3, -0.25) is 14.7 Å². The zero-order valence-electron chi connectivity index (χ0n) is 15.3. The third-order valence-corrected chi connectivity index (χ3v) is 5.67. The maximum absolute atomic E-state index is 13.3. The SMILES string of the molecule is O=C([C@H]1CCCN(Cc2ccccc2)C1)N1CCC[C@@H]1c1ccccn1. The summed E-state index contributed by atoms with van der Waals surface area (Å²) >= 11 is 0. The molecule has 0 aliphatic carbocycles. The number of carbonyl (C=O) groups excluding carboxylic acids is 1. The lowest BCUT2D eigenvalue weighted by Crippen LogP contribution is -2.44. The Morgan fingerprint density at radius 1 is 1.00 bits per heavy atom. The van der Waals surface area contributed by atoms with Gasteiger partial charge in [0.05, 0.1) is 17.7 Å². The standard InChI is InChI=1S/C22H27N3O/c26-22(25-15-7-12-21(25)20-11-4-5-13-23-20)19-10-6-14-24(17-19)16-18-8-2-1-3-9-18/h1-5,8-9,11,13,19,21H,6-7,10,12,14-17H2/t19-,21+/m0/s1. The van der Waals surface area contributed by atoms with Crippen LogP contribution in [0.5, 0.6) is 0 Å². The van der Waals surface area contributed by atoms with Gasteiger partial charge in [0, 0.05) is 25.8 Å². The average Bonchev–Trinajstić information content (AvgIpc) is 3.19. The van der Waals surface area contributed by atoms with E-state index in [0.717, 1.165) is 57.6 Å². The lowest BCUT2D eigenvalue weighted by molar-refractivity contribution is -0.138. The van der Waals surface area contributed by atoms with Crippen molar-refractivity contribution in [2.75, 3.05) is 19.6 Å². The molecule has 1 aromatic carbocycles. The molecule has 1 amide bonds. The van der Waals surface area contributed by atoms with Crippen molar-refractivity contribution < 1.29 is 4.79 Å². The summed E-state index contributed by atoms with van der Waals surface area (Å²) in [5.74, 6) is 0.452. The number of likely N-dealkylation sites (tertiary alicyclic amines) is 2. The van der Waals surface area contributed by atoms with Crippen LogP contribution in [0, 0.1) is 5.92 Å². The first-order chi connectivity index (χ1) is 12.8. The van der Waals surface area contributed by atoms with Gasteiger partial charge in [0.25, 0.3) is 0 Å². The number of piperidine rings is 1. The minimum atomic E-state index is 0.122. The predicted molar refractivity (Wildman–Crippen MR) is 102 cm³/mol. The van der Waals surface area contributed by atoms with Crippen LogP contribution in [0.25, 0.3) is 0 Å². The fraction of sp³-hybridized carbons (Fsp3) is 0.455. The van der Waals surface area contributed by atoms with Crippen molar-refractivity contribution in [3.63, 3.8) is 0 Å². The van der Waals surface area contributed by atoms with Crippen LogP contribution in [0.4, 0.5) is 0 Å². The van der Waals surface area contributed by atoms with Gasteiger partial charge in [-0.15, -0.1) is 0 Å². The molecule has 0 radical (unpaired) electrons. The van der Waals surface area contributed by atoms with Crippen LogP contribution in [-0.2, 0) is 11.3 Å². The molecule has 2 saturated heterocycles. The summed E-state index contributed by atoms with van der Waals surface area (Å²) in [7, 11) is 0. The highest BCUT2D eigenvalue weighted by Crippen LogP contribution is 2.33. The molecule has 136 valence electrons. The Morgan fingerprint density at radius 2 is 1.81 bits per heavy atom. The van der Waals surface area contributed by atoms with Crippen LogP contribution < -0.4 is 0 Å². The minimum Gasteiger partial charge on any atom is -0.334 e. The Morgan fingerprint density at radius 3 is 2.62 bits per heavy atom. The maximum Gasteiger partial charge on any atom is 0.227 e. The van der Waals surface area contributed by atoms with Gasteiger partial charge in [-0.1, -0.05) is 36.4 Å². The van der Waals surface area contributed by atoms with Crippen molar-refractivity contribution in [2.45, 2.75) is 38.3 Å². The Labute approximate surface area is 155 Å². The molecule has 0 unspecified atom stereocenters. The Kier molecular flexibility index (Phi) is 5.30. The van der Waals surface area contributed by atoms with E-state index in [1.165, 1.54) is 5.56 Å². The van der Waals surface area contributed by atoms with E-state index in [4.69, 9.17) is 0 Å². The van der Waals surface area contributed by atoms with Crippen molar-refractivity contribution in [2.24, 2.45) is 5.92 Å². The molecular formula is C22H27N3O. The molecule has 4 heteroatoms. The molecule has 2 aromatic rings. The van der Waals surface area contributed by atoms with E-state index in [2.05, 4.69) is 51.2 Å². The summed E-state index contributed by atoms with van der Waals surface area (Å²) < 4.78 is 0. The van der Waals surface area contributed by atoms with Gasteiger partial charge < -0.3 is 4.90 Å². The summed E-state index contributed by atoms with van der Waals surface area (Å²) in [6.45, 7) is 3.77. The zero-order chi connectivity index (χ0) is 17.8. The summed E-state index contributed by atoms with van der Waals surface area (Å²) in [5.41, 5.74) is 2.36. The first-order valence-corrected chi connectivity index (χ1v) is 9.79. The first kappa shape index (κ1) is 17.2. The summed E-state index contributed by atoms with van der Waals surface area (Å²) in [6.07, 6.45) is 6.05. The number of hydrogen-bond acceptors (Lipinski definition) is 3. The Balaban J connectivity index is 1.42. The van der Waals surface area contributed by atoms with Crippen LogP contribution in [0.2, 0.25) is 0 Å². The van der Waals surface area contributed by atoms with E-state index in [0.29, 0.717) is 5.91 Å². The van der Waals surface area contributed by atoms with Crippen LogP contribution in [0.1, 0.15) is 43.0 Å². The van der Waals surface area contributed by atoms with Gasteiger partial charge >= 0.3 is 0 Å². The van der Waals surface area contributed by atoms with Gasteiger partial charge in [-0.2, -0.15) is 0 Å². The molecule has 26 heavy (non-hydrogen) atoms. The summed E-state index contributed by atoms with van der Waals surface area (Å²) in [4.78, 5) is 22.3. The number of nitrogens with zero attached hydrogens (tertiary/aromatic N) is 3. The van der Waals surface area contributed by atoms with E-state index in [-0.39, 0.29) is 12.0 Å². The van der Waals surface area contributed by atoms with Crippen molar-refractivity contribution in [3.05, 3.63) is 66.0 Å². The van der Waals surface area contributed by atoms with E-state index in [1.54, 1.807) is 0 Å². The van der Waals surface area contributed by atoms with E-state index in [1.807, 2.05) is 18.3 Å². The van der Waals surface area contributed by atoms with Crippen molar-refractivity contribution in [1.29, 1.82) is 0 Å². The van der Waals surface area contributed by atoms with Crippen LogP contribution in [-0.4, -0.2) is 40.3 Å². The summed E-state index contributed by atoms with van der Waals surface area (Å²) in [6, 6.07) is 16.7. The number of benzene rings is 1. The molecule has 1 aromatic heterocycles. The van der Waals surface area contributed by atoms with E-state index < -0.39 is 0 Å². The molecule has 2 fully saturated rings. The van der Waals surface area contributed by atoms with Gasteiger partial charge in [-0.25, -0.2) is 0 Å². The molecule has 4 rings (SSSR count). The quantitative estimate of drug-likeness (QED) is 0.845. The average molecular weight is 349 g/mol. The number of hydrogen-bond donors (Lipinski definition) is 0. The highest BCUT2D eigenvalue weighted by Gasteiger charge is 2.36. The molecule has 2 atom stereocenters. The van der Waals surface area contributed by atoms with Gasteiger partial charge in [0.15, 0.2) is 0 Å². The van der Waals surface area contributed by atoms with Crippen LogP contribution in [0.15, 0.2) is 54.7 Å². The molecule has 0 spiro atoms. The van der Waals surface area contributed by atoms with Crippen molar-refractivity contribution in [3.8, 4) is 0 Å². The first-order valence-electron chi connectivity index (χ1n) is 9.79. The van der Waals surface area contributed by atoms with Crippen molar-refractivity contribution >= 4 is 5.91 Å². The third-order valence-electron chi connectivity index (χ3n) is 5.67. The highest BCUT2D eigenvalue weighted by molar-refractivity contribution is 5.80. The lowest BCUT2D eigenvalue weighted by atomic mass is 9.95. The normalized spacial score (nSPS) is 23.9. The molecule has 4 nitrogen and oxygen atoms in total. The van der Waals surface area contributed by atoms with Gasteiger partial charge in [0.1, 0.15) is 0 Å². The second-order valence-electron chi connectivity index (χ2n) is 7.50. The molecule has 2 aliphatic rings. The minimum absolute atomic E-state index is 0.122. The smallest absolute Gasteiger partial charge is 0.227 e. The molecule has 2 aliphatic heterocycles. The van der Waals surface area contributed by atoms with E-state index >= 15 is 0 Å². The maximum atomic E-state index is 13.3. The Bertz CT molecular complexity index is 719. The third kappa shape index (κ3) is 3.80. The second-order valence-corrected chi connectivity index (χ2v) is 7.50. The van der Waals surface area contributed by atoms with Crippen LogP contribution >= 0.6 is 0 Å². The molecular weight excluding hydrogens is 322 g/mol. The topological polar surface area (TPSA) is 36.4 Å². The number of carbonyl (C=O) groups is 1.